The van der Waals surface area contributed by atoms with Gasteiger partial charge in [-0.25, -0.2) is 20.1 Å². The molecule has 12 nitrogen and oxygen atoms in total. The van der Waals surface area contributed by atoms with Gasteiger partial charge in [0.2, 0.25) is 6.19 Å². The summed E-state index contributed by atoms with van der Waals surface area (Å²) in [6, 6.07) is 3.70. The molecule has 2 aliphatic rings. The molecule has 2 saturated heterocycles. The van der Waals surface area contributed by atoms with E-state index in [1.54, 1.807) is 47.1 Å². The number of hydrogen-bond donors (Lipinski definition) is 0. The van der Waals surface area contributed by atoms with Crippen molar-refractivity contribution in [2.45, 2.75) is 13.1 Å². The van der Waals surface area contributed by atoms with Gasteiger partial charge in [-0.1, -0.05) is 41.0 Å². The molecule has 34 heavy (non-hydrogen) atoms. The summed E-state index contributed by atoms with van der Waals surface area (Å²) in [6.45, 7) is 2.56. The standard InChI is InChI=1S/C10H9ClN4S.C8H10ClN5O3S/c11-9-2-1-8(5-13-9)6-15-3-4-16-10(15)14-7-12;1-12-4-17-5-13(8(12)11-14(15)16)3-6-2-10-7(9)18-6/h1-2,5H,3-4,6H2;2H,3-5H2,1H3/b;11-8+. The summed E-state index contributed by atoms with van der Waals surface area (Å²) in [5.41, 5.74) is 1.07. The fourth-order valence-corrected chi connectivity index (χ4v) is 5.01. The Morgan fingerprint density at radius 3 is 2.74 bits per heavy atom. The van der Waals surface area contributed by atoms with Crippen molar-refractivity contribution in [3.05, 3.63) is 54.7 Å². The lowest BCUT2D eigenvalue weighted by atomic mass is 10.3. The quantitative estimate of drug-likeness (QED) is 0.239. The monoisotopic (exact) mass is 543 g/mol. The number of pyridine rings is 1. The van der Waals surface area contributed by atoms with Crippen molar-refractivity contribution in [2.24, 2.45) is 10.1 Å². The van der Waals surface area contributed by atoms with Crippen LogP contribution in [0.5, 0.6) is 0 Å². The van der Waals surface area contributed by atoms with Crippen LogP contribution in [0.4, 0.5) is 0 Å². The largest absolute Gasteiger partial charge is 0.345 e. The first-order chi connectivity index (χ1) is 16.4. The Hall–Kier alpha value is -2.70. The van der Waals surface area contributed by atoms with Crippen LogP contribution in [0.1, 0.15) is 10.4 Å². The van der Waals surface area contributed by atoms with Crippen molar-refractivity contribution < 1.29 is 9.77 Å². The first-order valence-corrected chi connectivity index (χ1v) is 12.2. The number of nitro groups is 1. The highest BCUT2D eigenvalue weighted by Gasteiger charge is 2.25. The Labute approximate surface area is 213 Å². The van der Waals surface area contributed by atoms with Crippen LogP contribution in [0.2, 0.25) is 9.62 Å². The van der Waals surface area contributed by atoms with Gasteiger partial charge < -0.3 is 19.4 Å². The molecule has 2 aliphatic heterocycles. The van der Waals surface area contributed by atoms with Gasteiger partial charge in [0.1, 0.15) is 23.7 Å². The number of thioether (sulfide) groups is 1. The van der Waals surface area contributed by atoms with Crippen LogP contribution in [-0.2, 0) is 17.8 Å². The van der Waals surface area contributed by atoms with Gasteiger partial charge in [0.15, 0.2) is 14.7 Å². The predicted octanol–water partition coefficient (Wildman–Crippen LogP) is 3.14. The molecule has 2 aromatic heterocycles. The zero-order chi connectivity index (χ0) is 24.5. The number of amidine groups is 1. The van der Waals surface area contributed by atoms with Crippen molar-refractivity contribution in [3.8, 4) is 6.19 Å². The van der Waals surface area contributed by atoms with E-state index in [9.17, 15) is 10.1 Å². The maximum atomic E-state index is 10.5. The number of hydrazone groups is 1. The van der Waals surface area contributed by atoms with Crippen LogP contribution >= 0.6 is 46.3 Å². The highest BCUT2D eigenvalue weighted by molar-refractivity contribution is 8.14. The van der Waals surface area contributed by atoms with E-state index >= 15 is 0 Å². The molecular weight excluding hydrogens is 525 g/mol. The lowest BCUT2D eigenvalue weighted by Crippen LogP contribution is -2.49. The van der Waals surface area contributed by atoms with Gasteiger partial charge >= 0.3 is 0 Å². The Morgan fingerprint density at radius 1 is 1.26 bits per heavy atom. The van der Waals surface area contributed by atoms with E-state index < -0.39 is 5.03 Å². The Bertz CT molecular complexity index is 1090. The topological polar surface area (TPSA) is 136 Å². The molecule has 2 aromatic rings. The molecule has 0 spiro atoms. The van der Waals surface area contributed by atoms with Gasteiger partial charge in [-0.3, -0.25) is 0 Å². The Morgan fingerprint density at radius 2 is 2.09 bits per heavy atom. The molecule has 0 N–H and O–H groups in total. The van der Waals surface area contributed by atoms with E-state index in [1.165, 1.54) is 11.3 Å². The zero-order valence-corrected chi connectivity index (χ0v) is 21.0. The van der Waals surface area contributed by atoms with Gasteiger partial charge in [0, 0.05) is 43.2 Å². The number of thiazole rings is 1. The number of nitrogens with zero attached hydrogens (tertiary/aromatic N) is 9. The second kappa shape index (κ2) is 12.7. The number of aromatic nitrogens is 2. The molecule has 4 rings (SSSR count). The third-order valence-electron chi connectivity index (χ3n) is 4.37. The molecule has 0 unspecified atom stereocenters. The summed E-state index contributed by atoms with van der Waals surface area (Å²) in [5.74, 6) is 1.23. The molecule has 0 aliphatic carbocycles. The third-order valence-corrected chi connectivity index (χ3v) is 6.69. The van der Waals surface area contributed by atoms with Crippen molar-refractivity contribution in [2.75, 3.05) is 32.8 Å². The highest BCUT2D eigenvalue weighted by atomic mass is 35.5. The minimum atomic E-state index is -0.718. The molecule has 180 valence electrons. The number of ether oxygens (including phenoxy) is 1. The number of guanidine groups is 1. The van der Waals surface area contributed by atoms with Crippen molar-refractivity contribution >= 4 is 57.4 Å². The summed E-state index contributed by atoms with van der Waals surface area (Å²) in [7, 11) is 1.67. The average Bonchev–Trinajstić information content (AvgIpc) is 3.41. The number of aliphatic imine (C=N–C) groups is 1. The van der Waals surface area contributed by atoms with Crippen molar-refractivity contribution in [3.63, 3.8) is 0 Å². The van der Waals surface area contributed by atoms with Crippen LogP contribution in [-0.4, -0.2) is 73.6 Å². The molecule has 4 heterocycles. The van der Waals surface area contributed by atoms with Gasteiger partial charge in [-0.2, -0.15) is 5.26 Å². The maximum Gasteiger partial charge on any atom is 0.277 e. The van der Waals surface area contributed by atoms with Crippen LogP contribution in [0, 0.1) is 21.6 Å². The van der Waals surface area contributed by atoms with E-state index in [4.69, 9.17) is 33.2 Å². The fourth-order valence-electron chi connectivity index (χ4n) is 2.97. The van der Waals surface area contributed by atoms with E-state index in [0.717, 1.165) is 34.5 Å². The first kappa shape index (κ1) is 25.9. The average molecular weight is 544 g/mol. The number of nitriles is 1. The lowest BCUT2D eigenvalue weighted by molar-refractivity contribution is -0.486. The summed E-state index contributed by atoms with van der Waals surface area (Å²) >= 11 is 14.4. The Kier molecular flexibility index (Phi) is 9.66. The van der Waals surface area contributed by atoms with Crippen LogP contribution in [0.25, 0.3) is 0 Å². The van der Waals surface area contributed by atoms with Gasteiger partial charge in [-0.05, 0) is 11.6 Å². The van der Waals surface area contributed by atoms with Crippen molar-refractivity contribution in [1.29, 1.82) is 5.26 Å². The molecule has 16 heteroatoms. The molecule has 0 aromatic carbocycles. The van der Waals surface area contributed by atoms with E-state index in [1.807, 2.05) is 12.3 Å². The molecule has 0 bridgehead atoms. The Balaban J connectivity index is 0.000000192. The number of rotatable bonds is 5. The molecule has 0 atom stereocenters. The molecular formula is C18H19Cl2N9O3S2. The predicted molar refractivity (Wildman–Crippen MR) is 131 cm³/mol. The van der Waals surface area contributed by atoms with Gasteiger partial charge in [0.25, 0.3) is 5.96 Å². The minimum Gasteiger partial charge on any atom is -0.345 e. The summed E-state index contributed by atoms with van der Waals surface area (Å²) in [5, 5.41) is 23.0. The SMILES string of the molecule is CN1COCN(Cc2cnc(Cl)s2)/C1=N/[N+](=O)[O-].N#CN=C1SCCN1Cc1ccc(Cl)nc1. The smallest absolute Gasteiger partial charge is 0.277 e. The van der Waals surface area contributed by atoms with E-state index in [2.05, 4.69) is 25.0 Å². The lowest BCUT2D eigenvalue weighted by Gasteiger charge is -2.34. The normalized spacial score (nSPS) is 18.1. The fraction of sp³-hybridized carbons (Fsp3) is 0.389. The van der Waals surface area contributed by atoms with Crippen LogP contribution in [0.15, 0.2) is 34.6 Å². The van der Waals surface area contributed by atoms with Crippen LogP contribution in [0.3, 0.4) is 0 Å². The maximum absolute atomic E-state index is 10.5. The summed E-state index contributed by atoms with van der Waals surface area (Å²) < 4.78 is 5.72. The highest BCUT2D eigenvalue weighted by Crippen LogP contribution is 2.21. The summed E-state index contributed by atoms with van der Waals surface area (Å²) in [6.07, 6.45) is 5.20. The summed E-state index contributed by atoms with van der Waals surface area (Å²) in [4.78, 5) is 28.4. The van der Waals surface area contributed by atoms with E-state index in [-0.39, 0.29) is 19.4 Å². The molecule has 0 saturated carbocycles. The number of halogens is 2. The van der Waals surface area contributed by atoms with Crippen molar-refractivity contribution in [1.82, 2.24) is 24.7 Å². The first-order valence-electron chi connectivity index (χ1n) is 9.67. The van der Waals surface area contributed by atoms with Gasteiger partial charge in [-0.15, -0.1) is 16.3 Å². The second-order valence-electron chi connectivity index (χ2n) is 6.83. The third kappa shape index (κ3) is 7.67. The molecule has 0 amide bonds. The van der Waals surface area contributed by atoms with E-state index in [0.29, 0.717) is 16.2 Å². The molecule has 2 fully saturated rings. The second-order valence-corrected chi connectivity index (χ2v) is 9.98. The number of hydrogen-bond acceptors (Lipinski definition) is 9. The van der Waals surface area contributed by atoms with Gasteiger partial charge in [0.05, 0.1) is 6.54 Å². The zero-order valence-electron chi connectivity index (χ0n) is 17.9. The molecule has 0 radical (unpaired) electrons. The minimum absolute atomic E-state index is 0.243. The van der Waals surface area contributed by atoms with Crippen LogP contribution < -0.4 is 0 Å².